The first-order chi connectivity index (χ1) is 9.99. The Morgan fingerprint density at radius 2 is 1.82 bits per heavy atom. The predicted octanol–water partition coefficient (Wildman–Crippen LogP) is 2.90. The zero-order chi connectivity index (χ0) is 16.1. The maximum absolute atomic E-state index is 11.7. The van der Waals surface area contributed by atoms with Crippen molar-refractivity contribution >= 4 is 35.8 Å². The maximum Gasteiger partial charge on any atom is 0.221 e. The maximum atomic E-state index is 11.7. The van der Waals surface area contributed by atoms with E-state index < -0.39 is 0 Å². The van der Waals surface area contributed by atoms with Crippen LogP contribution in [0.25, 0.3) is 0 Å². The standard InChI is InChI=1S/C16H34N4O.HI/c1-6-14(5)20-15(21)10-12-19-16(17-7-2)18-11-8-9-13(3)4;/h13-14H,6-12H2,1-5H3,(H,20,21)(H2,17,18,19);1H. The summed E-state index contributed by atoms with van der Waals surface area (Å²) in [5.74, 6) is 1.62. The molecule has 6 heteroatoms. The van der Waals surface area contributed by atoms with Gasteiger partial charge in [-0.2, -0.15) is 0 Å². The normalized spacial score (nSPS) is 12.5. The molecule has 0 fully saturated rings. The molecule has 1 atom stereocenters. The van der Waals surface area contributed by atoms with Gasteiger partial charge in [-0.1, -0.05) is 20.8 Å². The smallest absolute Gasteiger partial charge is 0.221 e. The third-order valence-corrected chi connectivity index (χ3v) is 3.22. The molecule has 5 nitrogen and oxygen atoms in total. The van der Waals surface area contributed by atoms with Crippen molar-refractivity contribution in [3.63, 3.8) is 0 Å². The minimum Gasteiger partial charge on any atom is -0.357 e. The summed E-state index contributed by atoms with van der Waals surface area (Å²) in [4.78, 5) is 16.2. The number of rotatable bonds is 10. The summed E-state index contributed by atoms with van der Waals surface area (Å²) >= 11 is 0. The first kappa shape index (κ1) is 23.7. The lowest BCUT2D eigenvalue weighted by atomic mass is 10.1. The highest BCUT2D eigenvalue weighted by molar-refractivity contribution is 14.0. The van der Waals surface area contributed by atoms with E-state index in [0.29, 0.717) is 13.0 Å². The monoisotopic (exact) mass is 426 g/mol. The van der Waals surface area contributed by atoms with Crippen LogP contribution in [0.4, 0.5) is 0 Å². The van der Waals surface area contributed by atoms with Crippen molar-refractivity contribution in [1.82, 2.24) is 16.0 Å². The largest absolute Gasteiger partial charge is 0.357 e. The molecule has 132 valence electrons. The molecule has 3 N–H and O–H groups in total. The van der Waals surface area contributed by atoms with E-state index >= 15 is 0 Å². The molecule has 1 amide bonds. The van der Waals surface area contributed by atoms with Gasteiger partial charge in [0.25, 0.3) is 0 Å². The number of aliphatic imine (C=N–C) groups is 1. The third kappa shape index (κ3) is 14.4. The Hall–Kier alpha value is -0.530. The number of halogens is 1. The molecule has 0 saturated carbocycles. The van der Waals surface area contributed by atoms with Gasteiger partial charge in [0.05, 0.1) is 0 Å². The molecule has 0 aromatic heterocycles. The van der Waals surface area contributed by atoms with E-state index in [1.807, 2.05) is 13.8 Å². The zero-order valence-electron chi connectivity index (χ0n) is 14.9. The Balaban J connectivity index is 0. The van der Waals surface area contributed by atoms with Crippen molar-refractivity contribution in [2.75, 3.05) is 19.6 Å². The molecule has 0 aliphatic carbocycles. The lowest BCUT2D eigenvalue weighted by Crippen LogP contribution is -2.40. The van der Waals surface area contributed by atoms with Crippen LogP contribution in [0, 0.1) is 5.92 Å². The predicted molar refractivity (Wildman–Crippen MR) is 106 cm³/mol. The highest BCUT2D eigenvalue weighted by atomic mass is 127. The van der Waals surface area contributed by atoms with Gasteiger partial charge in [0.1, 0.15) is 0 Å². The summed E-state index contributed by atoms with van der Waals surface area (Å²) < 4.78 is 0. The summed E-state index contributed by atoms with van der Waals surface area (Å²) in [5.41, 5.74) is 0. The van der Waals surface area contributed by atoms with Crippen LogP contribution in [0.1, 0.15) is 60.3 Å². The number of hydrogen-bond donors (Lipinski definition) is 3. The van der Waals surface area contributed by atoms with Crippen molar-refractivity contribution in [1.29, 1.82) is 0 Å². The van der Waals surface area contributed by atoms with E-state index in [1.165, 1.54) is 6.42 Å². The Morgan fingerprint density at radius 3 is 2.36 bits per heavy atom. The number of nitrogens with one attached hydrogen (secondary N) is 3. The van der Waals surface area contributed by atoms with Gasteiger partial charge < -0.3 is 16.0 Å². The molecule has 0 radical (unpaired) electrons. The Morgan fingerprint density at radius 1 is 1.14 bits per heavy atom. The highest BCUT2D eigenvalue weighted by Crippen LogP contribution is 2.02. The number of hydrogen-bond acceptors (Lipinski definition) is 2. The van der Waals surface area contributed by atoms with Crippen LogP contribution in [0.3, 0.4) is 0 Å². The van der Waals surface area contributed by atoms with Gasteiger partial charge in [-0.05, 0) is 39.0 Å². The Bertz CT molecular complexity index is 309. The molecule has 0 aromatic rings. The van der Waals surface area contributed by atoms with Gasteiger partial charge in [-0.15, -0.1) is 24.0 Å². The summed E-state index contributed by atoms with van der Waals surface area (Å²) in [6.07, 6.45) is 3.73. The molecular formula is C16H35IN4O. The van der Waals surface area contributed by atoms with Gasteiger partial charge in [0, 0.05) is 32.1 Å². The molecule has 0 heterocycles. The fraction of sp³-hybridized carbons (Fsp3) is 0.875. The van der Waals surface area contributed by atoms with Crippen LogP contribution < -0.4 is 16.0 Å². The summed E-state index contributed by atoms with van der Waals surface area (Å²) in [5, 5.41) is 9.37. The molecule has 0 rings (SSSR count). The van der Waals surface area contributed by atoms with Gasteiger partial charge in [-0.25, -0.2) is 0 Å². The van der Waals surface area contributed by atoms with Crippen molar-refractivity contribution in [2.24, 2.45) is 10.9 Å². The van der Waals surface area contributed by atoms with Crippen LogP contribution in [0.5, 0.6) is 0 Å². The van der Waals surface area contributed by atoms with E-state index in [0.717, 1.165) is 37.8 Å². The second-order valence-corrected chi connectivity index (χ2v) is 5.85. The molecule has 0 bridgehead atoms. The summed E-state index contributed by atoms with van der Waals surface area (Å²) in [6.45, 7) is 12.8. The number of guanidine groups is 1. The average molecular weight is 426 g/mol. The Labute approximate surface area is 153 Å². The lowest BCUT2D eigenvalue weighted by molar-refractivity contribution is -0.121. The highest BCUT2D eigenvalue weighted by Gasteiger charge is 2.05. The van der Waals surface area contributed by atoms with Crippen molar-refractivity contribution in [3.05, 3.63) is 0 Å². The van der Waals surface area contributed by atoms with Gasteiger partial charge in [0.15, 0.2) is 5.96 Å². The molecule has 22 heavy (non-hydrogen) atoms. The number of amides is 1. The molecule has 0 aromatic carbocycles. The molecule has 1 unspecified atom stereocenters. The summed E-state index contributed by atoms with van der Waals surface area (Å²) in [7, 11) is 0. The summed E-state index contributed by atoms with van der Waals surface area (Å²) in [6, 6.07) is 0.246. The lowest BCUT2D eigenvalue weighted by Gasteiger charge is -2.13. The zero-order valence-corrected chi connectivity index (χ0v) is 17.2. The van der Waals surface area contributed by atoms with Crippen molar-refractivity contribution in [3.8, 4) is 0 Å². The van der Waals surface area contributed by atoms with Crippen molar-refractivity contribution < 1.29 is 4.79 Å². The SMILES string of the molecule is CCNC(=NCCCC(C)C)NCCC(=O)NC(C)CC.I. The van der Waals surface area contributed by atoms with Gasteiger partial charge in [-0.3, -0.25) is 9.79 Å². The fourth-order valence-electron chi connectivity index (χ4n) is 1.78. The Kier molecular flexibility index (Phi) is 16.6. The van der Waals surface area contributed by atoms with Crippen LogP contribution in [-0.4, -0.2) is 37.5 Å². The van der Waals surface area contributed by atoms with E-state index in [4.69, 9.17) is 0 Å². The first-order valence-corrected chi connectivity index (χ1v) is 8.31. The number of carbonyl (C=O) groups excluding carboxylic acids is 1. The van der Waals surface area contributed by atoms with Crippen LogP contribution in [0.2, 0.25) is 0 Å². The number of carbonyl (C=O) groups is 1. The van der Waals surface area contributed by atoms with Crippen molar-refractivity contribution in [2.45, 2.75) is 66.3 Å². The molecular weight excluding hydrogens is 391 g/mol. The quantitative estimate of drug-likeness (QED) is 0.218. The average Bonchev–Trinajstić information content (AvgIpc) is 2.43. The van der Waals surface area contributed by atoms with Crippen LogP contribution in [0.15, 0.2) is 4.99 Å². The molecule has 0 spiro atoms. The second-order valence-electron chi connectivity index (χ2n) is 5.85. The third-order valence-electron chi connectivity index (χ3n) is 3.22. The molecule has 0 saturated heterocycles. The van der Waals surface area contributed by atoms with E-state index in [-0.39, 0.29) is 35.9 Å². The van der Waals surface area contributed by atoms with Gasteiger partial charge in [0.2, 0.25) is 5.91 Å². The topological polar surface area (TPSA) is 65.5 Å². The van der Waals surface area contributed by atoms with E-state index in [2.05, 4.69) is 41.7 Å². The van der Waals surface area contributed by atoms with E-state index in [1.54, 1.807) is 0 Å². The minimum atomic E-state index is 0. The number of nitrogens with zero attached hydrogens (tertiary/aromatic N) is 1. The van der Waals surface area contributed by atoms with E-state index in [9.17, 15) is 4.79 Å². The van der Waals surface area contributed by atoms with Crippen LogP contribution >= 0.6 is 24.0 Å². The van der Waals surface area contributed by atoms with Gasteiger partial charge >= 0.3 is 0 Å². The molecule has 0 aliphatic heterocycles. The molecule has 0 aliphatic rings. The fourth-order valence-corrected chi connectivity index (χ4v) is 1.78. The second kappa shape index (κ2) is 15.4. The minimum absolute atomic E-state index is 0. The van der Waals surface area contributed by atoms with Crippen LogP contribution in [-0.2, 0) is 4.79 Å². The first-order valence-electron chi connectivity index (χ1n) is 8.31.